The molecule has 7 nitrogen and oxygen atoms in total. The van der Waals surface area contributed by atoms with Crippen molar-refractivity contribution in [3.8, 4) is 22.9 Å². The van der Waals surface area contributed by atoms with Gasteiger partial charge in [0.05, 0.1) is 14.2 Å². The molecule has 2 rings (SSSR count). The zero-order chi connectivity index (χ0) is 18.6. The number of hydrogen-bond donors (Lipinski definition) is 1. The van der Waals surface area contributed by atoms with Crippen LogP contribution in [-0.4, -0.2) is 30.3 Å². The van der Waals surface area contributed by atoms with Crippen LogP contribution in [0.4, 0.5) is 0 Å². The summed E-state index contributed by atoms with van der Waals surface area (Å²) < 4.78 is 15.8. The summed E-state index contributed by atoms with van der Waals surface area (Å²) in [4.78, 5) is 16.4. The van der Waals surface area contributed by atoms with Gasteiger partial charge in [0.1, 0.15) is 6.04 Å². The maximum atomic E-state index is 12.0. The van der Waals surface area contributed by atoms with Crippen LogP contribution in [0.25, 0.3) is 11.4 Å². The van der Waals surface area contributed by atoms with Crippen molar-refractivity contribution in [2.45, 2.75) is 40.2 Å². The largest absolute Gasteiger partial charge is 0.493 e. The van der Waals surface area contributed by atoms with E-state index in [2.05, 4.69) is 15.5 Å². The van der Waals surface area contributed by atoms with E-state index < -0.39 is 0 Å². The molecule has 0 saturated carbocycles. The van der Waals surface area contributed by atoms with Crippen LogP contribution in [0.2, 0.25) is 0 Å². The smallest absolute Gasteiger partial charge is 0.249 e. The van der Waals surface area contributed by atoms with E-state index in [9.17, 15) is 4.79 Å². The third-order valence-corrected chi connectivity index (χ3v) is 3.52. The molecule has 0 spiro atoms. The van der Waals surface area contributed by atoms with Crippen molar-refractivity contribution >= 4 is 5.91 Å². The molecule has 1 unspecified atom stereocenters. The minimum Gasteiger partial charge on any atom is -0.493 e. The average Bonchev–Trinajstić information content (AvgIpc) is 3.02. The van der Waals surface area contributed by atoms with Crippen molar-refractivity contribution in [3.05, 3.63) is 24.1 Å². The highest BCUT2D eigenvalue weighted by Gasteiger charge is 2.21. The first kappa shape index (κ1) is 18.8. The Balaban J connectivity index is 2.13. The summed E-state index contributed by atoms with van der Waals surface area (Å²) in [5, 5.41) is 6.86. The van der Waals surface area contributed by atoms with Gasteiger partial charge in [-0.3, -0.25) is 4.79 Å². The van der Waals surface area contributed by atoms with Crippen LogP contribution in [0.15, 0.2) is 22.7 Å². The van der Waals surface area contributed by atoms with Crippen molar-refractivity contribution in [2.75, 3.05) is 14.2 Å². The fourth-order valence-corrected chi connectivity index (χ4v) is 2.34. The van der Waals surface area contributed by atoms with Crippen molar-refractivity contribution < 1.29 is 18.8 Å². The van der Waals surface area contributed by atoms with E-state index in [1.807, 2.05) is 33.8 Å². The van der Waals surface area contributed by atoms with Crippen LogP contribution in [0.1, 0.15) is 46.0 Å². The molecule has 0 radical (unpaired) electrons. The van der Waals surface area contributed by atoms with Gasteiger partial charge in [0, 0.05) is 12.0 Å². The summed E-state index contributed by atoms with van der Waals surface area (Å²) in [6.07, 6.45) is 0.425. The summed E-state index contributed by atoms with van der Waals surface area (Å²) in [6.45, 7) is 7.85. The predicted molar refractivity (Wildman–Crippen MR) is 93.5 cm³/mol. The molecule has 0 aliphatic rings. The number of carbonyl (C=O) groups is 1. The van der Waals surface area contributed by atoms with Gasteiger partial charge in [-0.2, -0.15) is 4.98 Å². The molecule has 2 aromatic rings. The molecule has 1 atom stereocenters. The van der Waals surface area contributed by atoms with E-state index in [-0.39, 0.29) is 17.4 Å². The average molecular weight is 347 g/mol. The number of amides is 1. The number of methoxy groups -OCH3 is 2. The fraction of sp³-hybridized carbons (Fsp3) is 0.500. The molecule has 1 aromatic carbocycles. The molecule has 0 fully saturated rings. The minimum absolute atomic E-state index is 0.0501. The zero-order valence-electron chi connectivity index (χ0n) is 15.5. The van der Waals surface area contributed by atoms with Gasteiger partial charge in [-0.05, 0) is 30.5 Å². The van der Waals surface area contributed by atoms with Gasteiger partial charge < -0.3 is 19.3 Å². The van der Waals surface area contributed by atoms with Gasteiger partial charge >= 0.3 is 0 Å². The molecular weight excluding hydrogens is 322 g/mol. The van der Waals surface area contributed by atoms with E-state index in [0.29, 0.717) is 29.6 Å². The second-order valence-corrected chi connectivity index (χ2v) is 7.05. The SMILES string of the molecule is COc1ccc(-c2noc(C(C)NC(=O)CC(C)(C)C)n2)cc1OC. The van der Waals surface area contributed by atoms with Gasteiger partial charge in [-0.15, -0.1) is 0 Å². The Morgan fingerprint density at radius 2 is 1.92 bits per heavy atom. The summed E-state index contributed by atoms with van der Waals surface area (Å²) in [7, 11) is 3.14. The highest BCUT2D eigenvalue weighted by molar-refractivity contribution is 5.76. The van der Waals surface area contributed by atoms with E-state index in [1.54, 1.807) is 26.4 Å². The third kappa shape index (κ3) is 4.95. The van der Waals surface area contributed by atoms with Crippen LogP contribution in [0.3, 0.4) is 0 Å². The second kappa shape index (κ2) is 7.55. The number of rotatable bonds is 6. The van der Waals surface area contributed by atoms with E-state index in [1.165, 1.54) is 0 Å². The molecule has 0 aliphatic carbocycles. The van der Waals surface area contributed by atoms with Crippen LogP contribution in [0.5, 0.6) is 11.5 Å². The summed E-state index contributed by atoms with van der Waals surface area (Å²) in [5.41, 5.74) is 0.657. The molecule has 1 amide bonds. The summed E-state index contributed by atoms with van der Waals surface area (Å²) in [5.74, 6) is 1.93. The summed E-state index contributed by atoms with van der Waals surface area (Å²) >= 11 is 0. The topological polar surface area (TPSA) is 86.5 Å². The van der Waals surface area contributed by atoms with Gasteiger partial charge in [0.15, 0.2) is 11.5 Å². The Labute approximate surface area is 147 Å². The van der Waals surface area contributed by atoms with E-state index >= 15 is 0 Å². The lowest BCUT2D eigenvalue weighted by molar-refractivity contribution is -0.123. The van der Waals surface area contributed by atoms with Crippen LogP contribution in [-0.2, 0) is 4.79 Å². The molecule has 0 bridgehead atoms. The van der Waals surface area contributed by atoms with Crippen molar-refractivity contribution in [1.29, 1.82) is 0 Å². The van der Waals surface area contributed by atoms with Gasteiger partial charge in [0.2, 0.25) is 17.6 Å². The first-order valence-corrected chi connectivity index (χ1v) is 8.09. The first-order chi connectivity index (χ1) is 11.7. The van der Waals surface area contributed by atoms with Crippen molar-refractivity contribution in [1.82, 2.24) is 15.5 Å². The number of nitrogens with one attached hydrogen (secondary N) is 1. The molecule has 1 N–H and O–H groups in total. The third-order valence-electron chi connectivity index (χ3n) is 3.52. The number of nitrogens with zero attached hydrogens (tertiary/aromatic N) is 2. The van der Waals surface area contributed by atoms with Crippen molar-refractivity contribution in [3.63, 3.8) is 0 Å². The monoisotopic (exact) mass is 347 g/mol. The molecule has 136 valence electrons. The van der Waals surface area contributed by atoms with Crippen LogP contribution < -0.4 is 14.8 Å². The standard InChI is InChI=1S/C18H25N3O4/c1-11(19-15(22)10-18(2,3)4)17-20-16(21-25-17)12-7-8-13(23-5)14(9-12)24-6/h7-9,11H,10H2,1-6H3,(H,19,22). The number of carbonyl (C=O) groups excluding carboxylic acids is 1. The molecule has 0 saturated heterocycles. The Morgan fingerprint density at radius 1 is 1.24 bits per heavy atom. The predicted octanol–water partition coefficient (Wildman–Crippen LogP) is 3.37. The number of hydrogen-bond acceptors (Lipinski definition) is 6. The molecule has 7 heteroatoms. The normalized spacial score (nSPS) is 12.6. The van der Waals surface area contributed by atoms with E-state index in [0.717, 1.165) is 5.56 Å². The lowest BCUT2D eigenvalue weighted by Crippen LogP contribution is -2.30. The number of aromatic nitrogens is 2. The Kier molecular flexibility index (Phi) is 5.66. The molecular formula is C18H25N3O4. The maximum Gasteiger partial charge on any atom is 0.249 e. The fourth-order valence-electron chi connectivity index (χ4n) is 2.34. The molecule has 1 aromatic heterocycles. The first-order valence-electron chi connectivity index (χ1n) is 8.09. The molecule has 0 aliphatic heterocycles. The quantitative estimate of drug-likeness (QED) is 0.862. The zero-order valence-corrected chi connectivity index (χ0v) is 15.5. The highest BCUT2D eigenvalue weighted by Crippen LogP contribution is 2.31. The van der Waals surface area contributed by atoms with E-state index in [4.69, 9.17) is 14.0 Å². The van der Waals surface area contributed by atoms with Crippen molar-refractivity contribution in [2.24, 2.45) is 5.41 Å². The van der Waals surface area contributed by atoms with Crippen LogP contribution in [0, 0.1) is 5.41 Å². The molecule has 25 heavy (non-hydrogen) atoms. The number of benzene rings is 1. The number of ether oxygens (including phenoxy) is 2. The Morgan fingerprint density at radius 3 is 2.52 bits per heavy atom. The minimum atomic E-state index is -0.365. The van der Waals surface area contributed by atoms with Crippen LogP contribution >= 0.6 is 0 Å². The highest BCUT2D eigenvalue weighted by atomic mass is 16.5. The van der Waals surface area contributed by atoms with Gasteiger partial charge in [0.25, 0.3) is 0 Å². The Hall–Kier alpha value is -2.57. The maximum absolute atomic E-state index is 12.0. The van der Waals surface area contributed by atoms with Gasteiger partial charge in [-0.25, -0.2) is 0 Å². The van der Waals surface area contributed by atoms with Gasteiger partial charge in [-0.1, -0.05) is 25.9 Å². The lowest BCUT2D eigenvalue weighted by Gasteiger charge is -2.18. The lowest BCUT2D eigenvalue weighted by atomic mass is 9.92. The Bertz CT molecular complexity index is 734. The molecule has 1 heterocycles. The summed E-state index contributed by atoms with van der Waals surface area (Å²) in [6, 6.07) is 5.00. The second-order valence-electron chi connectivity index (χ2n) is 7.05.